The predicted octanol–water partition coefficient (Wildman–Crippen LogP) is 5.32. The number of benzene rings is 1. The van der Waals surface area contributed by atoms with E-state index in [1.54, 1.807) is 35.4 Å². The molecule has 2 aliphatic heterocycles. The minimum Gasteiger partial charge on any atom is -0.506 e. The van der Waals surface area contributed by atoms with Crippen LogP contribution >= 0.6 is 0 Å². The zero-order chi connectivity index (χ0) is 30.2. The number of anilines is 2. The molecule has 222 valence electrons. The van der Waals surface area contributed by atoms with E-state index >= 15 is 0 Å². The van der Waals surface area contributed by atoms with Gasteiger partial charge < -0.3 is 29.9 Å². The monoisotopic (exact) mass is 574 g/mol. The number of hydrogen-bond acceptors (Lipinski definition) is 7. The van der Waals surface area contributed by atoms with Gasteiger partial charge in [-0.3, -0.25) is 14.3 Å². The van der Waals surface area contributed by atoms with Crippen molar-refractivity contribution in [3.8, 4) is 0 Å². The molecule has 3 N–H and O–H groups in total. The summed E-state index contributed by atoms with van der Waals surface area (Å²) in [6.45, 7) is 10.9. The van der Waals surface area contributed by atoms with Crippen LogP contribution in [0, 0.1) is 6.92 Å². The summed E-state index contributed by atoms with van der Waals surface area (Å²) in [6, 6.07) is 7.20. The van der Waals surface area contributed by atoms with Crippen molar-refractivity contribution in [1.82, 2.24) is 24.6 Å². The Balaban J connectivity index is 1.42. The van der Waals surface area contributed by atoms with Gasteiger partial charge in [-0.2, -0.15) is 5.10 Å². The number of aromatic nitrogens is 3. The smallest absolute Gasteiger partial charge is 0.410 e. The molecule has 5 rings (SSSR count). The maximum atomic E-state index is 13.1. The van der Waals surface area contributed by atoms with Gasteiger partial charge in [0.15, 0.2) is 5.82 Å². The van der Waals surface area contributed by atoms with Crippen molar-refractivity contribution < 1.29 is 19.4 Å². The maximum absolute atomic E-state index is 13.1. The molecule has 0 aliphatic carbocycles. The molecule has 0 saturated carbocycles. The molecule has 1 aromatic carbocycles. The zero-order valence-corrected chi connectivity index (χ0v) is 24.7. The van der Waals surface area contributed by atoms with E-state index in [4.69, 9.17) is 9.84 Å². The number of nitrogens with one attached hydrogen (secondary N) is 2. The van der Waals surface area contributed by atoms with Crippen LogP contribution in [0.1, 0.15) is 62.9 Å². The lowest BCUT2D eigenvalue weighted by Crippen LogP contribution is -2.49. The Kier molecular flexibility index (Phi) is 7.61. The van der Waals surface area contributed by atoms with Crippen LogP contribution in [0.25, 0.3) is 10.9 Å². The lowest BCUT2D eigenvalue weighted by molar-refractivity contribution is 0.0101. The second-order valence-corrected chi connectivity index (χ2v) is 11.9. The number of H-pyrrole nitrogens is 1. The van der Waals surface area contributed by atoms with Gasteiger partial charge in [0.25, 0.3) is 11.5 Å². The average Bonchev–Trinajstić information content (AvgIpc) is 3.32. The number of carbonyl (C=O) groups excluding carboxylic acids is 2. The van der Waals surface area contributed by atoms with Gasteiger partial charge in [0, 0.05) is 43.3 Å². The summed E-state index contributed by atoms with van der Waals surface area (Å²) in [6.07, 6.45) is 8.10. The number of ether oxygens (including phenoxy) is 1. The molecule has 2 aliphatic rings. The summed E-state index contributed by atoms with van der Waals surface area (Å²) in [5, 5.41) is 18.5. The van der Waals surface area contributed by atoms with Crippen LogP contribution in [-0.4, -0.2) is 66.9 Å². The molecule has 2 aromatic heterocycles. The highest BCUT2D eigenvalue weighted by atomic mass is 16.6. The SMILES string of the molecule is CCC1(n2nc(Nc3ccc(C(=O)N4C=C(O)C=CC4)c(C)c3)c3c(=O)[nH]ccc32)CCN(C(=O)OC(C)(C)C)CC1. The number of hydrogen-bond donors (Lipinski definition) is 3. The van der Waals surface area contributed by atoms with Gasteiger partial charge in [0.1, 0.15) is 16.7 Å². The van der Waals surface area contributed by atoms with Gasteiger partial charge in [0.2, 0.25) is 0 Å². The number of piperidine rings is 1. The maximum Gasteiger partial charge on any atom is 0.410 e. The number of aliphatic hydroxyl groups excluding tert-OH is 1. The van der Waals surface area contributed by atoms with E-state index in [1.165, 1.54) is 11.1 Å². The Morgan fingerprint density at radius 1 is 1.19 bits per heavy atom. The van der Waals surface area contributed by atoms with Crippen LogP contribution in [0.5, 0.6) is 0 Å². The van der Waals surface area contributed by atoms with E-state index in [0.717, 1.165) is 12.0 Å². The topological polar surface area (TPSA) is 133 Å². The highest BCUT2D eigenvalue weighted by Gasteiger charge is 2.39. The van der Waals surface area contributed by atoms with E-state index in [0.29, 0.717) is 60.4 Å². The molecule has 1 saturated heterocycles. The van der Waals surface area contributed by atoms with Gasteiger partial charge in [-0.25, -0.2) is 4.79 Å². The number of likely N-dealkylation sites (tertiary alicyclic amines) is 1. The molecule has 0 unspecified atom stereocenters. The number of aliphatic hydroxyl groups is 1. The molecule has 0 spiro atoms. The number of fused-ring (bicyclic) bond motifs is 1. The zero-order valence-electron chi connectivity index (χ0n) is 24.7. The van der Waals surface area contributed by atoms with Crippen LogP contribution in [-0.2, 0) is 10.3 Å². The Labute approximate surface area is 244 Å². The van der Waals surface area contributed by atoms with Crippen LogP contribution < -0.4 is 10.9 Å². The van der Waals surface area contributed by atoms with Crippen molar-refractivity contribution in [2.75, 3.05) is 25.0 Å². The molecule has 2 amide bonds. The molecular formula is C31H38N6O5. The third-order valence-corrected chi connectivity index (χ3v) is 7.92. The van der Waals surface area contributed by atoms with Gasteiger partial charge in [0.05, 0.1) is 11.1 Å². The summed E-state index contributed by atoms with van der Waals surface area (Å²) in [5.74, 6) is 0.226. The first-order valence-electron chi connectivity index (χ1n) is 14.3. The number of aromatic amines is 1. The van der Waals surface area contributed by atoms with Gasteiger partial charge in [-0.05, 0) is 82.9 Å². The van der Waals surface area contributed by atoms with E-state index in [1.807, 2.05) is 44.5 Å². The van der Waals surface area contributed by atoms with Crippen LogP contribution in [0.4, 0.5) is 16.3 Å². The molecule has 0 bridgehead atoms. The van der Waals surface area contributed by atoms with Crippen molar-refractivity contribution in [2.24, 2.45) is 0 Å². The highest BCUT2D eigenvalue weighted by Crippen LogP contribution is 2.38. The van der Waals surface area contributed by atoms with Crippen molar-refractivity contribution in [2.45, 2.75) is 65.0 Å². The normalized spacial score (nSPS) is 16.8. The molecule has 11 nitrogen and oxygen atoms in total. The lowest BCUT2D eigenvalue weighted by Gasteiger charge is -2.42. The Morgan fingerprint density at radius 3 is 2.57 bits per heavy atom. The molecule has 4 heterocycles. The van der Waals surface area contributed by atoms with Crippen LogP contribution in [0.2, 0.25) is 0 Å². The molecule has 1 fully saturated rings. The minimum absolute atomic E-state index is 0.0265. The first kappa shape index (κ1) is 29.0. The molecule has 11 heteroatoms. The average molecular weight is 575 g/mol. The van der Waals surface area contributed by atoms with Gasteiger partial charge in [-0.15, -0.1) is 0 Å². The number of rotatable bonds is 5. The second-order valence-electron chi connectivity index (χ2n) is 11.9. The highest BCUT2D eigenvalue weighted by molar-refractivity contribution is 5.97. The molecule has 42 heavy (non-hydrogen) atoms. The summed E-state index contributed by atoms with van der Waals surface area (Å²) < 4.78 is 7.53. The Bertz CT molecular complexity index is 1640. The third kappa shape index (κ3) is 5.63. The second kappa shape index (κ2) is 11.0. The minimum atomic E-state index is -0.565. The number of aryl methyl sites for hydroxylation is 1. The molecule has 0 atom stereocenters. The fourth-order valence-electron chi connectivity index (χ4n) is 5.63. The van der Waals surface area contributed by atoms with Crippen molar-refractivity contribution in [1.29, 1.82) is 0 Å². The summed E-state index contributed by atoms with van der Waals surface area (Å²) >= 11 is 0. The number of pyridine rings is 1. The summed E-state index contributed by atoms with van der Waals surface area (Å²) in [4.78, 5) is 44.8. The predicted molar refractivity (Wildman–Crippen MR) is 161 cm³/mol. The Morgan fingerprint density at radius 2 is 1.93 bits per heavy atom. The van der Waals surface area contributed by atoms with E-state index in [-0.39, 0.29) is 23.3 Å². The molecule has 0 radical (unpaired) electrons. The van der Waals surface area contributed by atoms with Crippen molar-refractivity contribution in [3.63, 3.8) is 0 Å². The fourth-order valence-corrected chi connectivity index (χ4v) is 5.63. The first-order valence-corrected chi connectivity index (χ1v) is 14.3. The number of allylic oxidation sites excluding steroid dienone is 1. The Hall–Kier alpha value is -4.54. The van der Waals surface area contributed by atoms with Crippen molar-refractivity contribution >= 4 is 34.4 Å². The lowest BCUT2D eigenvalue weighted by atomic mass is 9.85. The van der Waals surface area contributed by atoms with E-state index < -0.39 is 11.1 Å². The quantitative estimate of drug-likeness (QED) is 0.375. The van der Waals surface area contributed by atoms with Crippen molar-refractivity contribution in [3.05, 3.63) is 76.1 Å². The van der Waals surface area contributed by atoms with Crippen LogP contribution in [0.15, 0.2) is 59.4 Å². The summed E-state index contributed by atoms with van der Waals surface area (Å²) in [5.41, 5.74) is 1.43. The van der Waals surface area contributed by atoms with Gasteiger partial charge in [-0.1, -0.05) is 13.0 Å². The number of carbonyl (C=O) groups is 2. The standard InChI is InChI=1S/C31H38N6O5/c1-6-31(12-16-35(17-13-31)29(41)42-30(3,4)5)37-24-11-14-32-27(39)25(24)26(34-37)33-21-9-10-23(20(2)18-21)28(40)36-15-7-8-22(38)19-36/h7-11,14,18-19,38H,6,12-13,15-17H2,1-5H3,(H,32,39)(H,33,34). The molecular weight excluding hydrogens is 536 g/mol. The largest absolute Gasteiger partial charge is 0.506 e. The number of amides is 2. The van der Waals surface area contributed by atoms with Crippen LogP contribution in [0.3, 0.4) is 0 Å². The first-order chi connectivity index (χ1) is 19.9. The summed E-state index contributed by atoms with van der Waals surface area (Å²) in [7, 11) is 0. The van der Waals surface area contributed by atoms with E-state index in [2.05, 4.69) is 17.2 Å². The van der Waals surface area contributed by atoms with E-state index in [9.17, 15) is 19.5 Å². The third-order valence-electron chi connectivity index (χ3n) is 7.92. The molecule has 3 aromatic rings. The van der Waals surface area contributed by atoms with Gasteiger partial charge >= 0.3 is 6.09 Å². The number of nitrogens with zero attached hydrogens (tertiary/aromatic N) is 4. The fraction of sp³-hybridized carbons (Fsp3) is 0.419.